The lowest BCUT2D eigenvalue weighted by Gasteiger charge is -2.34. The first-order chi connectivity index (χ1) is 9.69. The predicted molar refractivity (Wildman–Crippen MR) is 81.2 cm³/mol. The fraction of sp³-hybridized carbons (Fsp3) is 0.400. The smallest absolute Gasteiger partial charge is 0.264 e. The minimum Gasteiger partial charge on any atom is -0.334 e. The summed E-state index contributed by atoms with van der Waals surface area (Å²) in [6.07, 6.45) is 3.12. The number of thiophene rings is 1. The molecule has 20 heavy (non-hydrogen) atoms. The molecule has 1 fully saturated rings. The number of carbonyl (C=O) groups excluding carboxylic acids is 1. The van der Waals surface area contributed by atoms with Crippen LogP contribution < -0.4 is 0 Å². The van der Waals surface area contributed by atoms with E-state index in [1.54, 1.807) is 6.07 Å². The van der Waals surface area contributed by atoms with Crippen LogP contribution in [0.3, 0.4) is 0 Å². The van der Waals surface area contributed by atoms with Gasteiger partial charge in [-0.2, -0.15) is 0 Å². The third-order valence-corrected chi connectivity index (χ3v) is 5.20. The first kappa shape index (κ1) is 13.8. The number of rotatable bonds is 2. The van der Waals surface area contributed by atoms with Crippen molar-refractivity contribution >= 4 is 38.9 Å². The van der Waals surface area contributed by atoms with Crippen molar-refractivity contribution in [3.63, 3.8) is 0 Å². The summed E-state index contributed by atoms with van der Waals surface area (Å²) in [5.41, 5.74) is 0. The Morgan fingerprint density at radius 2 is 2.25 bits per heavy atom. The first-order valence-corrected chi connectivity index (χ1v) is 8.10. The van der Waals surface area contributed by atoms with Crippen molar-refractivity contribution < 1.29 is 9.18 Å². The largest absolute Gasteiger partial charge is 0.334 e. The van der Waals surface area contributed by atoms with Crippen molar-refractivity contribution in [1.82, 2.24) is 4.90 Å². The number of amides is 1. The molecular formula is C15H15ClFNOS. The van der Waals surface area contributed by atoms with Gasteiger partial charge in [0.25, 0.3) is 5.91 Å². The molecule has 1 aromatic heterocycles. The average Bonchev–Trinajstić information content (AvgIpc) is 2.89. The van der Waals surface area contributed by atoms with Crippen molar-refractivity contribution in [2.75, 3.05) is 12.4 Å². The van der Waals surface area contributed by atoms with Crippen LogP contribution in [0.4, 0.5) is 4.39 Å². The molecule has 1 aromatic carbocycles. The van der Waals surface area contributed by atoms with Crippen LogP contribution in [0.25, 0.3) is 10.1 Å². The van der Waals surface area contributed by atoms with Gasteiger partial charge in [0.1, 0.15) is 5.82 Å². The fourth-order valence-corrected chi connectivity index (χ4v) is 4.04. The average molecular weight is 312 g/mol. The molecular weight excluding hydrogens is 297 g/mol. The van der Waals surface area contributed by atoms with Gasteiger partial charge in [0.15, 0.2) is 0 Å². The molecule has 0 aliphatic carbocycles. The molecule has 0 radical (unpaired) electrons. The second-order valence-electron chi connectivity index (χ2n) is 5.10. The molecule has 3 rings (SSSR count). The normalized spacial score (nSPS) is 19.5. The Balaban J connectivity index is 1.91. The molecule has 1 atom stereocenters. The van der Waals surface area contributed by atoms with E-state index < -0.39 is 0 Å². The summed E-state index contributed by atoms with van der Waals surface area (Å²) in [5.74, 6) is 0.234. The first-order valence-electron chi connectivity index (χ1n) is 6.75. The third-order valence-electron chi connectivity index (χ3n) is 3.76. The van der Waals surface area contributed by atoms with Gasteiger partial charge in [-0.25, -0.2) is 4.39 Å². The van der Waals surface area contributed by atoms with Crippen molar-refractivity contribution in [1.29, 1.82) is 0 Å². The number of benzene rings is 1. The Labute approximate surface area is 126 Å². The molecule has 2 aromatic rings. The molecule has 1 aliphatic heterocycles. The van der Waals surface area contributed by atoms with Crippen molar-refractivity contribution in [2.45, 2.75) is 25.3 Å². The summed E-state index contributed by atoms with van der Waals surface area (Å²) in [6.45, 7) is 0.763. The zero-order chi connectivity index (χ0) is 14.1. The highest BCUT2D eigenvalue weighted by Crippen LogP contribution is 2.29. The van der Waals surface area contributed by atoms with E-state index in [0.29, 0.717) is 10.8 Å². The Morgan fingerprint density at radius 1 is 1.40 bits per heavy atom. The second kappa shape index (κ2) is 5.70. The second-order valence-corrected chi connectivity index (χ2v) is 6.49. The van der Waals surface area contributed by atoms with Crippen molar-refractivity contribution in [3.05, 3.63) is 35.0 Å². The molecule has 1 saturated heterocycles. The molecule has 1 amide bonds. The summed E-state index contributed by atoms with van der Waals surface area (Å²) in [7, 11) is 0. The number of alkyl halides is 1. The van der Waals surface area contributed by atoms with Gasteiger partial charge in [0.2, 0.25) is 0 Å². The van der Waals surface area contributed by atoms with E-state index >= 15 is 0 Å². The number of nitrogens with zero attached hydrogens (tertiary/aromatic N) is 1. The van der Waals surface area contributed by atoms with E-state index in [4.69, 9.17) is 11.6 Å². The lowest BCUT2D eigenvalue weighted by molar-refractivity contribution is 0.0644. The molecule has 1 unspecified atom stereocenters. The van der Waals surface area contributed by atoms with Crippen LogP contribution in [0, 0.1) is 5.82 Å². The molecule has 0 N–H and O–H groups in total. The highest BCUT2D eigenvalue weighted by atomic mass is 35.5. The lowest BCUT2D eigenvalue weighted by atomic mass is 10.0. The van der Waals surface area contributed by atoms with Crippen LogP contribution in [0.2, 0.25) is 0 Å². The maximum Gasteiger partial charge on any atom is 0.264 e. The van der Waals surface area contributed by atoms with Gasteiger partial charge in [-0.15, -0.1) is 22.9 Å². The Kier molecular flexibility index (Phi) is 3.94. The molecule has 2 nitrogen and oxygen atoms in total. The zero-order valence-corrected chi connectivity index (χ0v) is 12.5. The maximum atomic E-state index is 13.2. The minimum absolute atomic E-state index is 0.0250. The molecule has 2 heterocycles. The van der Waals surface area contributed by atoms with E-state index in [0.717, 1.165) is 35.9 Å². The summed E-state index contributed by atoms with van der Waals surface area (Å²) < 4.78 is 14.0. The third kappa shape index (κ3) is 2.54. The SMILES string of the molecule is O=C(c1cc2ccc(F)cc2s1)N1CCCCC1CCl. The van der Waals surface area contributed by atoms with Gasteiger partial charge in [-0.3, -0.25) is 4.79 Å². The predicted octanol–water partition coefficient (Wildman–Crippen LogP) is 4.27. The number of likely N-dealkylation sites (tertiary alicyclic amines) is 1. The molecule has 0 spiro atoms. The van der Waals surface area contributed by atoms with Crippen molar-refractivity contribution in [3.8, 4) is 0 Å². The summed E-state index contributed by atoms with van der Waals surface area (Å²) in [5, 5.41) is 0.916. The summed E-state index contributed by atoms with van der Waals surface area (Å²) in [6, 6.07) is 6.59. The van der Waals surface area contributed by atoms with E-state index in [1.807, 2.05) is 11.0 Å². The van der Waals surface area contributed by atoms with Gasteiger partial charge >= 0.3 is 0 Å². The van der Waals surface area contributed by atoms with E-state index in [-0.39, 0.29) is 17.8 Å². The quantitative estimate of drug-likeness (QED) is 0.758. The van der Waals surface area contributed by atoms with Gasteiger partial charge in [-0.05, 0) is 42.8 Å². The van der Waals surface area contributed by atoms with Gasteiger partial charge in [0, 0.05) is 23.2 Å². The number of carbonyl (C=O) groups is 1. The van der Waals surface area contributed by atoms with Gasteiger partial charge in [0.05, 0.1) is 4.88 Å². The molecule has 5 heteroatoms. The van der Waals surface area contributed by atoms with Crippen LogP contribution in [-0.2, 0) is 0 Å². The van der Waals surface area contributed by atoms with E-state index in [2.05, 4.69) is 0 Å². The molecule has 0 bridgehead atoms. The number of fused-ring (bicyclic) bond motifs is 1. The molecule has 106 valence electrons. The molecule has 1 aliphatic rings. The monoisotopic (exact) mass is 311 g/mol. The van der Waals surface area contributed by atoms with Gasteiger partial charge < -0.3 is 4.90 Å². The van der Waals surface area contributed by atoms with Crippen LogP contribution in [0.1, 0.15) is 28.9 Å². The maximum absolute atomic E-state index is 13.2. The Bertz CT molecular complexity index is 642. The minimum atomic E-state index is -0.269. The topological polar surface area (TPSA) is 20.3 Å². The molecule has 0 saturated carbocycles. The van der Waals surface area contributed by atoms with Crippen LogP contribution in [-0.4, -0.2) is 29.3 Å². The lowest BCUT2D eigenvalue weighted by Crippen LogP contribution is -2.44. The van der Waals surface area contributed by atoms with Gasteiger partial charge in [-0.1, -0.05) is 6.07 Å². The number of halogens is 2. The Morgan fingerprint density at radius 3 is 3.05 bits per heavy atom. The van der Waals surface area contributed by atoms with E-state index in [1.165, 1.54) is 23.5 Å². The highest BCUT2D eigenvalue weighted by molar-refractivity contribution is 7.20. The van der Waals surface area contributed by atoms with Crippen molar-refractivity contribution in [2.24, 2.45) is 0 Å². The Hall–Kier alpha value is -1.13. The van der Waals surface area contributed by atoms with Crippen LogP contribution >= 0.6 is 22.9 Å². The number of piperidine rings is 1. The number of hydrogen-bond donors (Lipinski definition) is 0. The van der Waals surface area contributed by atoms with E-state index in [9.17, 15) is 9.18 Å². The van der Waals surface area contributed by atoms with Crippen LogP contribution in [0.15, 0.2) is 24.3 Å². The zero-order valence-electron chi connectivity index (χ0n) is 10.9. The highest BCUT2D eigenvalue weighted by Gasteiger charge is 2.27. The summed E-state index contributed by atoms with van der Waals surface area (Å²) in [4.78, 5) is 15.1. The standard InChI is InChI=1S/C15H15ClFNOS/c16-9-12-3-1-2-6-18(12)15(19)14-7-10-4-5-11(17)8-13(10)20-14/h4-5,7-8,12H,1-3,6,9H2. The fourth-order valence-electron chi connectivity index (χ4n) is 2.68. The summed E-state index contributed by atoms with van der Waals surface area (Å²) >= 11 is 7.32. The number of hydrogen-bond acceptors (Lipinski definition) is 2. The van der Waals surface area contributed by atoms with Crippen LogP contribution in [0.5, 0.6) is 0 Å².